The topological polar surface area (TPSA) is 75.3 Å². The molecule has 0 saturated heterocycles. The van der Waals surface area contributed by atoms with Crippen molar-refractivity contribution < 1.29 is 17.6 Å². The lowest BCUT2D eigenvalue weighted by atomic mass is 10.2. The lowest BCUT2D eigenvalue weighted by Crippen LogP contribution is -2.29. The summed E-state index contributed by atoms with van der Waals surface area (Å²) >= 11 is 6.00. The van der Waals surface area contributed by atoms with Crippen LogP contribution >= 0.6 is 11.6 Å². The second-order valence-corrected chi connectivity index (χ2v) is 7.53. The predicted molar refractivity (Wildman–Crippen MR) is 91.3 cm³/mol. The number of rotatable bonds is 6. The molecule has 24 heavy (non-hydrogen) atoms. The van der Waals surface area contributed by atoms with Crippen molar-refractivity contribution in [3.63, 3.8) is 0 Å². The van der Waals surface area contributed by atoms with Gasteiger partial charge in [-0.3, -0.25) is 4.79 Å². The van der Waals surface area contributed by atoms with E-state index >= 15 is 0 Å². The molecule has 2 aromatic rings. The van der Waals surface area contributed by atoms with Crippen molar-refractivity contribution in [2.75, 3.05) is 18.1 Å². The fourth-order valence-corrected chi connectivity index (χ4v) is 3.09. The van der Waals surface area contributed by atoms with E-state index in [0.717, 1.165) is 24.0 Å². The van der Waals surface area contributed by atoms with Gasteiger partial charge < -0.3 is 10.6 Å². The number of carbonyl (C=O) groups excluding carboxylic acids is 1. The van der Waals surface area contributed by atoms with E-state index in [1.807, 2.05) is 6.07 Å². The second-order valence-electron chi connectivity index (χ2n) is 5.13. The molecule has 128 valence electrons. The molecule has 0 atom stereocenters. The minimum Gasteiger partial charge on any atom is -0.375 e. The van der Waals surface area contributed by atoms with Crippen LogP contribution < -0.4 is 10.6 Å². The van der Waals surface area contributed by atoms with Gasteiger partial charge in [-0.05, 0) is 29.8 Å². The van der Waals surface area contributed by atoms with Crippen molar-refractivity contribution in [2.24, 2.45) is 0 Å². The molecular formula is C16H16ClFN2O3S. The molecule has 0 aromatic heterocycles. The summed E-state index contributed by atoms with van der Waals surface area (Å²) in [5, 5.41) is 5.92. The van der Waals surface area contributed by atoms with Crippen molar-refractivity contribution in [3.05, 3.63) is 58.9 Å². The summed E-state index contributed by atoms with van der Waals surface area (Å²) in [5.41, 5.74) is 0.943. The molecule has 0 aliphatic heterocycles. The van der Waals surface area contributed by atoms with Gasteiger partial charge in [-0.25, -0.2) is 12.8 Å². The van der Waals surface area contributed by atoms with Gasteiger partial charge in [-0.1, -0.05) is 29.8 Å². The van der Waals surface area contributed by atoms with E-state index in [4.69, 9.17) is 11.6 Å². The molecule has 5 nitrogen and oxygen atoms in total. The summed E-state index contributed by atoms with van der Waals surface area (Å²) in [5.74, 6) is -1.01. The maximum Gasteiger partial charge on any atom is 0.239 e. The monoisotopic (exact) mass is 370 g/mol. The van der Waals surface area contributed by atoms with Gasteiger partial charge in [-0.2, -0.15) is 0 Å². The molecule has 0 radical (unpaired) electrons. The first-order chi connectivity index (χ1) is 11.3. The predicted octanol–water partition coefficient (Wildman–Crippen LogP) is 2.61. The molecule has 8 heteroatoms. The first kappa shape index (κ1) is 18.2. The number of amides is 1. The number of sulfone groups is 1. The van der Waals surface area contributed by atoms with Gasteiger partial charge in [0.2, 0.25) is 5.91 Å². The minimum atomic E-state index is -3.62. The van der Waals surface area contributed by atoms with E-state index in [-0.39, 0.29) is 29.6 Å². The average molecular weight is 371 g/mol. The highest BCUT2D eigenvalue weighted by molar-refractivity contribution is 7.90. The zero-order valence-electron chi connectivity index (χ0n) is 12.8. The van der Waals surface area contributed by atoms with Crippen LogP contribution in [0.4, 0.5) is 10.1 Å². The molecule has 1 amide bonds. The summed E-state index contributed by atoms with van der Waals surface area (Å²) in [6.07, 6.45) is 0.977. The van der Waals surface area contributed by atoms with E-state index in [1.54, 1.807) is 18.2 Å². The lowest BCUT2D eigenvalue weighted by Gasteiger charge is -2.11. The molecule has 2 aromatic carbocycles. The third-order valence-corrected chi connectivity index (χ3v) is 4.72. The summed E-state index contributed by atoms with van der Waals surface area (Å²) in [6, 6.07) is 10.4. The Hall–Kier alpha value is -2.12. The highest BCUT2D eigenvalue weighted by Gasteiger charge is 2.15. The Morgan fingerprint density at radius 1 is 1.21 bits per heavy atom. The lowest BCUT2D eigenvalue weighted by molar-refractivity contribution is -0.119. The summed E-state index contributed by atoms with van der Waals surface area (Å²) < 4.78 is 36.6. The van der Waals surface area contributed by atoms with Crippen LogP contribution in [-0.2, 0) is 21.2 Å². The molecule has 0 saturated carbocycles. The van der Waals surface area contributed by atoms with Crippen molar-refractivity contribution in [2.45, 2.75) is 11.4 Å². The molecule has 0 fully saturated rings. The normalized spacial score (nSPS) is 11.1. The molecule has 0 aliphatic carbocycles. The summed E-state index contributed by atoms with van der Waals surface area (Å²) in [4.78, 5) is 11.7. The standard InChI is InChI=1S/C16H16ClFN2O3S/c1-24(22,23)15-8-12(18)6-7-14(15)19-10-16(21)20-9-11-4-2-3-5-13(11)17/h2-8,19H,9-10H2,1H3,(H,20,21). The summed E-state index contributed by atoms with van der Waals surface area (Å²) in [6.45, 7) is 0.0984. The van der Waals surface area contributed by atoms with Gasteiger partial charge in [-0.15, -0.1) is 0 Å². The fraction of sp³-hybridized carbons (Fsp3) is 0.188. The van der Waals surface area contributed by atoms with Gasteiger partial charge in [0.05, 0.1) is 17.1 Å². The van der Waals surface area contributed by atoms with Crippen LogP contribution in [0.25, 0.3) is 0 Å². The zero-order valence-corrected chi connectivity index (χ0v) is 14.4. The van der Waals surface area contributed by atoms with Crippen molar-refractivity contribution in [1.82, 2.24) is 5.32 Å². The van der Waals surface area contributed by atoms with Gasteiger partial charge in [0.1, 0.15) is 5.82 Å². The van der Waals surface area contributed by atoms with Gasteiger partial charge >= 0.3 is 0 Å². The van der Waals surface area contributed by atoms with Crippen LogP contribution in [0.15, 0.2) is 47.4 Å². The zero-order chi connectivity index (χ0) is 17.7. The molecule has 0 bridgehead atoms. The second kappa shape index (κ2) is 7.63. The Labute approximate surface area is 144 Å². The van der Waals surface area contributed by atoms with Crippen LogP contribution in [0, 0.1) is 5.82 Å². The highest BCUT2D eigenvalue weighted by atomic mass is 35.5. The smallest absolute Gasteiger partial charge is 0.239 e. The molecule has 0 aliphatic rings. The Morgan fingerprint density at radius 2 is 1.92 bits per heavy atom. The molecule has 0 unspecified atom stereocenters. The van der Waals surface area contributed by atoms with E-state index in [2.05, 4.69) is 10.6 Å². The van der Waals surface area contributed by atoms with E-state index < -0.39 is 15.7 Å². The van der Waals surface area contributed by atoms with Gasteiger partial charge in [0, 0.05) is 17.8 Å². The number of anilines is 1. The van der Waals surface area contributed by atoms with Crippen LogP contribution in [0.5, 0.6) is 0 Å². The maximum absolute atomic E-state index is 13.2. The largest absolute Gasteiger partial charge is 0.375 e. The average Bonchev–Trinajstić information content (AvgIpc) is 2.52. The number of hydrogen-bond donors (Lipinski definition) is 2. The first-order valence-corrected chi connectivity index (χ1v) is 9.28. The molecule has 0 spiro atoms. The van der Waals surface area contributed by atoms with E-state index in [1.165, 1.54) is 6.07 Å². The minimum absolute atomic E-state index is 0.154. The number of nitrogens with one attached hydrogen (secondary N) is 2. The van der Waals surface area contributed by atoms with Crippen molar-refractivity contribution >= 4 is 33.0 Å². The van der Waals surface area contributed by atoms with Crippen LogP contribution in [0.3, 0.4) is 0 Å². The Morgan fingerprint density at radius 3 is 2.58 bits per heavy atom. The Bertz CT molecular complexity index is 856. The fourth-order valence-electron chi connectivity index (χ4n) is 2.02. The van der Waals surface area contributed by atoms with Gasteiger partial charge in [0.15, 0.2) is 9.84 Å². The number of carbonyl (C=O) groups is 1. The highest BCUT2D eigenvalue weighted by Crippen LogP contribution is 2.22. The SMILES string of the molecule is CS(=O)(=O)c1cc(F)ccc1NCC(=O)NCc1ccccc1Cl. The molecule has 0 heterocycles. The number of halogens is 2. The molecular weight excluding hydrogens is 355 g/mol. The van der Waals surface area contributed by atoms with E-state index in [9.17, 15) is 17.6 Å². The van der Waals surface area contributed by atoms with Crippen LogP contribution in [0.2, 0.25) is 5.02 Å². The number of benzene rings is 2. The molecule has 2 rings (SSSR count). The molecule has 2 N–H and O–H groups in total. The third-order valence-electron chi connectivity index (χ3n) is 3.22. The Kier molecular flexibility index (Phi) is 5.80. The van der Waals surface area contributed by atoms with Gasteiger partial charge in [0.25, 0.3) is 0 Å². The van der Waals surface area contributed by atoms with Crippen LogP contribution in [0.1, 0.15) is 5.56 Å². The number of hydrogen-bond acceptors (Lipinski definition) is 4. The Balaban J connectivity index is 1.99. The van der Waals surface area contributed by atoms with Crippen molar-refractivity contribution in [1.29, 1.82) is 0 Å². The van der Waals surface area contributed by atoms with Crippen LogP contribution in [-0.4, -0.2) is 27.1 Å². The quantitative estimate of drug-likeness (QED) is 0.819. The maximum atomic E-state index is 13.2. The van der Waals surface area contributed by atoms with Crippen molar-refractivity contribution in [3.8, 4) is 0 Å². The third kappa shape index (κ3) is 4.94. The van der Waals surface area contributed by atoms with E-state index in [0.29, 0.717) is 5.02 Å². The first-order valence-electron chi connectivity index (χ1n) is 7.01. The summed E-state index contributed by atoms with van der Waals surface area (Å²) in [7, 11) is -3.62.